The number of carboxylic acid groups (broad SMARTS) is 1. The molecule has 3 N–H and O–H groups in total. The number of para-hydroxylation sites is 1. The van der Waals surface area contributed by atoms with Crippen LogP contribution in [0.5, 0.6) is 0 Å². The molecule has 0 radical (unpaired) electrons. The van der Waals surface area contributed by atoms with Crippen LogP contribution in [0.2, 0.25) is 0 Å². The highest BCUT2D eigenvalue weighted by molar-refractivity contribution is 7.53. The number of hydrogen-bond acceptors (Lipinski definition) is 5. The average Bonchev–Trinajstić information content (AvgIpc) is 2.98. The first kappa shape index (κ1) is 19.7. The van der Waals surface area contributed by atoms with E-state index in [1.807, 2.05) is 30.5 Å². The largest absolute Gasteiger partial charge is 0.480 e. The van der Waals surface area contributed by atoms with E-state index in [1.54, 1.807) is 13.8 Å². The fourth-order valence-electron chi connectivity index (χ4n) is 2.70. The topological polar surface area (TPSA) is 101 Å². The minimum Gasteiger partial charge on any atom is -0.480 e. The fraction of sp³-hybridized carbons (Fsp3) is 0.471. The summed E-state index contributed by atoms with van der Waals surface area (Å²) < 4.78 is 22.8. The monoisotopic (exact) mass is 368 g/mol. The number of H-pyrrole nitrogens is 1. The molecular weight excluding hydrogens is 343 g/mol. The molecular formula is C17H25N2O5P. The van der Waals surface area contributed by atoms with Crippen LogP contribution in [0, 0.1) is 0 Å². The minimum absolute atomic E-state index is 0.125. The van der Waals surface area contributed by atoms with E-state index in [9.17, 15) is 14.5 Å². The first-order valence-electron chi connectivity index (χ1n) is 8.38. The lowest BCUT2D eigenvalue weighted by molar-refractivity contribution is -0.139. The third kappa shape index (κ3) is 5.41. The van der Waals surface area contributed by atoms with Crippen LogP contribution < -0.4 is 5.32 Å². The van der Waals surface area contributed by atoms with Crippen LogP contribution in [0.4, 0.5) is 0 Å². The van der Waals surface area contributed by atoms with Gasteiger partial charge >= 0.3 is 13.6 Å². The Bertz CT molecular complexity index is 735. The molecule has 0 saturated heterocycles. The average molecular weight is 368 g/mol. The summed E-state index contributed by atoms with van der Waals surface area (Å²) in [6, 6.07) is 7.05. The molecule has 0 aliphatic rings. The Morgan fingerprint density at radius 2 is 1.96 bits per heavy atom. The van der Waals surface area contributed by atoms with Gasteiger partial charge in [0.05, 0.1) is 19.5 Å². The Morgan fingerprint density at radius 3 is 2.60 bits per heavy atom. The van der Waals surface area contributed by atoms with Gasteiger partial charge in [-0.3, -0.25) is 14.7 Å². The Kier molecular flexibility index (Phi) is 7.20. The van der Waals surface area contributed by atoms with Gasteiger partial charge in [-0.15, -0.1) is 0 Å². The maximum Gasteiger partial charge on any atom is 0.344 e. The van der Waals surface area contributed by atoms with Crippen LogP contribution >= 0.6 is 7.60 Å². The van der Waals surface area contributed by atoms with Gasteiger partial charge in [0.15, 0.2) is 0 Å². The summed E-state index contributed by atoms with van der Waals surface area (Å²) in [4.78, 5) is 14.7. The number of aromatic nitrogens is 1. The van der Waals surface area contributed by atoms with Gasteiger partial charge < -0.3 is 19.1 Å². The van der Waals surface area contributed by atoms with E-state index in [0.717, 1.165) is 16.5 Å². The number of rotatable bonds is 11. The highest BCUT2D eigenvalue weighted by Gasteiger charge is 2.27. The zero-order valence-corrected chi connectivity index (χ0v) is 15.4. The number of fused-ring (bicyclic) bond motifs is 1. The van der Waals surface area contributed by atoms with Crippen LogP contribution in [0.3, 0.4) is 0 Å². The highest BCUT2D eigenvalue weighted by Crippen LogP contribution is 2.46. The lowest BCUT2D eigenvalue weighted by Gasteiger charge is -2.20. The predicted octanol–water partition coefficient (Wildman–Crippen LogP) is 3.37. The van der Waals surface area contributed by atoms with Crippen LogP contribution in [0.15, 0.2) is 30.5 Å². The van der Waals surface area contributed by atoms with Crippen LogP contribution in [-0.2, 0) is 24.8 Å². The number of hydrogen-bond donors (Lipinski definition) is 3. The molecule has 1 aromatic carbocycles. The Morgan fingerprint density at radius 1 is 1.28 bits per heavy atom. The maximum atomic E-state index is 12.4. The van der Waals surface area contributed by atoms with E-state index < -0.39 is 19.6 Å². The maximum absolute atomic E-state index is 12.4. The zero-order chi connectivity index (χ0) is 18.3. The van der Waals surface area contributed by atoms with Crippen LogP contribution in [-0.4, -0.2) is 41.6 Å². The normalized spacial score (nSPS) is 13.2. The summed E-state index contributed by atoms with van der Waals surface area (Å²) in [6.07, 6.45) is 2.73. The Balaban J connectivity index is 1.99. The molecule has 0 saturated carbocycles. The van der Waals surface area contributed by atoms with Gasteiger partial charge in [0.2, 0.25) is 0 Å². The van der Waals surface area contributed by atoms with Crippen molar-refractivity contribution < 1.29 is 23.5 Å². The third-order valence-corrected chi connectivity index (χ3v) is 5.73. The van der Waals surface area contributed by atoms with Gasteiger partial charge in [-0.05, 0) is 38.3 Å². The zero-order valence-electron chi connectivity index (χ0n) is 14.5. The minimum atomic E-state index is -3.32. The van der Waals surface area contributed by atoms with Crippen molar-refractivity contribution in [1.82, 2.24) is 10.3 Å². The second-order valence-corrected chi connectivity index (χ2v) is 7.65. The molecule has 1 heterocycles. The molecule has 0 aliphatic heterocycles. The van der Waals surface area contributed by atoms with Crippen molar-refractivity contribution in [3.05, 3.63) is 36.0 Å². The molecule has 0 unspecified atom stereocenters. The Hall–Kier alpha value is -1.66. The first-order valence-corrected chi connectivity index (χ1v) is 10.1. The summed E-state index contributed by atoms with van der Waals surface area (Å²) in [5.74, 6) is -0.987. The van der Waals surface area contributed by atoms with E-state index in [4.69, 9.17) is 9.05 Å². The van der Waals surface area contributed by atoms with E-state index >= 15 is 0 Å². The first-order chi connectivity index (χ1) is 12.0. The lowest BCUT2D eigenvalue weighted by atomic mass is 10.0. The number of nitrogens with one attached hydrogen (secondary N) is 2. The number of aromatic amines is 1. The molecule has 0 amide bonds. The van der Waals surface area contributed by atoms with E-state index in [2.05, 4.69) is 10.3 Å². The molecule has 7 nitrogen and oxygen atoms in total. The molecule has 0 aliphatic carbocycles. The predicted molar refractivity (Wildman–Crippen MR) is 96.9 cm³/mol. The second kappa shape index (κ2) is 9.15. The van der Waals surface area contributed by atoms with E-state index in [0.29, 0.717) is 12.8 Å². The summed E-state index contributed by atoms with van der Waals surface area (Å²) in [6.45, 7) is 3.92. The van der Waals surface area contributed by atoms with Gasteiger partial charge in [0.25, 0.3) is 0 Å². The van der Waals surface area contributed by atoms with Crippen molar-refractivity contribution in [2.75, 3.05) is 19.5 Å². The number of aliphatic carboxylic acids is 1. The summed E-state index contributed by atoms with van der Waals surface area (Å²) in [5, 5.41) is 13.3. The third-order valence-electron chi connectivity index (χ3n) is 3.86. The molecule has 2 aromatic rings. The van der Waals surface area contributed by atoms with Crippen molar-refractivity contribution >= 4 is 24.5 Å². The molecule has 138 valence electrons. The second-order valence-electron chi connectivity index (χ2n) is 5.60. The molecule has 25 heavy (non-hydrogen) atoms. The number of carbonyl (C=O) groups is 1. The molecule has 1 atom stereocenters. The smallest absolute Gasteiger partial charge is 0.344 e. The summed E-state index contributed by atoms with van der Waals surface area (Å²) in [7, 11) is -3.32. The number of carboxylic acids is 1. The van der Waals surface area contributed by atoms with Gasteiger partial charge in [-0.1, -0.05) is 18.2 Å². The van der Waals surface area contributed by atoms with Crippen molar-refractivity contribution in [1.29, 1.82) is 0 Å². The van der Waals surface area contributed by atoms with Crippen molar-refractivity contribution in [2.45, 2.75) is 32.7 Å². The fourth-order valence-corrected chi connectivity index (χ4v) is 4.18. The standard InChI is InChI=1S/C17H25N2O5P/c1-3-23-25(22,24-4-2)12-19-16(17(20)21)10-9-13-11-18-15-8-6-5-7-14(13)15/h5-8,11,16,18-19H,3-4,9-10,12H2,1-2H3,(H,20,21)/t16-/m0/s1. The van der Waals surface area contributed by atoms with Gasteiger partial charge in [0, 0.05) is 17.1 Å². The summed E-state index contributed by atoms with van der Waals surface area (Å²) in [5.41, 5.74) is 2.08. The van der Waals surface area contributed by atoms with Gasteiger partial charge in [-0.2, -0.15) is 0 Å². The molecule has 0 fully saturated rings. The van der Waals surface area contributed by atoms with Crippen molar-refractivity contribution in [3.8, 4) is 0 Å². The lowest BCUT2D eigenvalue weighted by Crippen LogP contribution is -2.38. The highest BCUT2D eigenvalue weighted by atomic mass is 31.2. The quantitative estimate of drug-likeness (QED) is 0.526. The van der Waals surface area contributed by atoms with Gasteiger partial charge in [0.1, 0.15) is 6.04 Å². The van der Waals surface area contributed by atoms with Crippen molar-refractivity contribution in [2.24, 2.45) is 0 Å². The summed E-state index contributed by atoms with van der Waals surface area (Å²) >= 11 is 0. The van der Waals surface area contributed by atoms with Gasteiger partial charge in [-0.25, -0.2) is 0 Å². The van der Waals surface area contributed by atoms with Crippen molar-refractivity contribution in [3.63, 3.8) is 0 Å². The van der Waals surface area contributed by atoms with Crippen LogP contribution in [0.25, 0.3) is 10.9 Å². The number of aryl methyl sites for hydroxylation is 1. The SMILES string of the molecule is CCOP(=O)(CN[C@@H](CCc1c[nH]c2ccccc12)C(=O)O)OCC. The van der Waals surface area contributed by atoms with E-state index in [-0.39, 0.29) is 19.5 Å². The molecule has 0 bridgehead atoms. The number of benzene rings is 1. The van der Waals surface area contributed by atoms with Crippen LogP contribution in [0.1, 0.15) is 25.8 Å². The molecule has 1 aromatic heterocycles. The van der Waals surface area contributed by atoms with E-state index in [1.165, 1.54) is 0 Å². The molecule has 0 spiro atoms. The Labute approximate surface area is 147 Å². The molecule has 2 rings (SSSR count). The molecule has 8 heteroatoms.